The maximum Gasteiger partial charge on any atom is 0.216 e. The molecule has 1 aromatic carbocycles. The van der Waals surface area contributed by atoms with Crippen LogP contribution in [0.4, 0.5) is 15.9 Å². The lowest BCUT2D eigenvalue weighted by Gasteiger charge is -2.26. The average molecular weight is 371 g/mol. The summed E-state index contributed by atoms with van der Waals surface area (Å²) in [4.78, 5) is 2.29. The SMILES string of the molecule is COc1c(CN2CCc3onc(Nc4ccccc4F)c3C2)c(C)nn1C. The summed E-state index contributed by atoms with van der Waals surface area (Å²) < 4.78 is 26.7. The van der Waals surface area contributed by atoms with Gasteiger partial charge in [-0.25, -0.2) is 9.07 Å². The number of para-hydroxylation sites is 1. The van der Waals surface area contributed by atoms with Crippen molar-refractivity contribution in [3.63, 3.8) is 0 Å². The first kappa shape index (κ1) is 17.5. The van der Waals surface area contributed by atoms with Crippen LogP contribution < -0.4 is 10.1 Å². The Balaban J connectivity index is 1.55. The van der Waals surface area contributed by atoms with E-state index in [0.717, 1.165) is 41.4 Å². The van der Waals surface area contributed by atoms with E-state index in [9.17, 15) is 4.39 Å². The zero-order valence-corrected chi connectivity index (χ0v) is 15.6. The van der Waals surface area contributed by atoms with Crippen molar-refractivity contribution in [3.8, 4) is 5.88 Å². The Morgan fingerprint density at radius 2 is 2.15 bits per heavy atom. The van der Waals surface area contributed by atoms with Gasteiger partial charge >= 0.3 is 0 Å². The quantitative estimate of drug-likeness (QED) is 0.743. The molecule has 7 nitrogen and oxygen atoms in total. The van der Waals surface area contributed by atoms with Gasteiger partial charge in [0, 0.05) is 33.1 Å². The summed E-state index contributed by atoms with van der Waals surface area (Å²) in [6.07, 6.45) is 0.753. The Kier molecular flexibility index (Phi) is 4.57. The molecular formula is C19H22FN5O2. The first-order chi connectivity index (χ1) is 13.1. The highest BCUT2D eigenvalue weighted by Crippen LogP contribution is 2.31. The summed E-state index contributed by atoms with van der Waals surface area (Å²) in [6, 6.07) is 6.53. The molecule has 0 fully saturated rings. The highest BCUT2D eigenvalue weighted by Gasteiger charge is 2.26. The van der Waals surface area contributed by atoms with Crippen molar-refractivity contribution >= 4 is 11.5 Å². The predicted molar refractivity (Wildman–Crippen MR) is 98.5 cm³/mol. The lowest BCUT2D eigenvalue weighted by atomic mass is 10.1. The van der Waals surface area contributed by atoms with Crippen LogP contribution in [0.3, 0.4) is 0 Å². The number of nitrogens with one attached hydrogen (secondary N) is 1. The number of anilines is 2. The van der Waals surface area contributed by atoms with Crippen molar-refractivity contribution in [1.29, 1.82) is 0 Å². The number of methoxy groups -OCH3 is 1. The van der Waals surface area contributed by atoms with E-state index in [1.165, 1.54) is 6.07 Å². The molecule has 0 amide bonds. The van der Waals surface area contributed by atoms with Gasteiger partial charge in [-0.2, -0.15) is 5.10 Å². The number of halogens is 1. The fourth-order valence-electron chi connectivity index (χ4n) is 3.53. The van der Waals surface area contributed by atoms with Gasteiger partial charge in [0.1, 0.15) is 11.6 Å². The van der Waals surface area contributed by atoms with Gasteiger partial charge in [-0.15, -0.1) is 0 Å². The summed E-state index contributed by atoms with van der Waals surface area (Å²) in [5, 5.41) is 11.6. The van der Waals surface area contributed by atoms with Gasteiger partial charge in [-0.3, -0.25) is 4.90 Å². The van der Waals surface area contributed by atoms with E-state index < -0.39 is 0 Å². The molecule has 3 heterocycles. The highest BCUT2D eigenvalue weighted by molar-refractivity contribution is 5.60. The van der Waals surface area contributed by atoms with E-state index in [0.29, 0.717) is 24.6 Å². The Hall–Kier alpha value is -2.87. The maximum absolute atomic E-state index is 14.0. The van der Waals surface area contributed by atoms with E-state index in [-0.39, 0.29) is 5.82 Å². The monoisotopic (exact) mass is 371 g/mol. The Labute approximate surface area is 156 Å². The summed E-state index contributed by atoms with van der Waals surface area (Å²) in [5.41, 5.74) is 3.37. The number of aryl methyl sites for hydroxylation is 2. The number of ether oxygens (including phenoxy) is 1. The standard InChI is InChI=1S/C19H22FN5O2/c1-12-13(19(26-3)24(2)22-12)10-25-9-8-17-14(11-25)18(23-27-17)21-16-7-5-4-6-15(16)20/h4-7H,8-11H2,1-3H3,(H,21,23). The summed E-state index contributed by atoms with van der Waals surface area (Å²) in [7, 11) is 3.53. The predicted octanol–water partition coefficient (Wildman–Crippen LogP) is 3.17. The molecule has 0 unspecified atom stereocenters. The van der Waals surface area contributed by atoms with E-state index in [4.69, 9.17) is 9.26 Å². The number of nitrogens with zero attached hydrogens (tertiary/aromatic N) is 4. The van der Waals surface area contributed by atoms with Crippen LogP contribution >= 0.6 is 0 Å². The van der Waals surface area contributed by atoms with E-state index in [1.807, 2.05) is 14.0 Å². The minimum Gasteiger partial charge on any atom is -0.481 e. The Morgan fingerprint density at radius 1 is 1.33 bits per heavy atom. The number of hydrogen-bond acceptors (Lipinski definition) is 6. The summed E-state index contributed by atoms with van der Waals surface area (Å²) in [6.45, 7) is 4.20. The summed E-state index contributed by atoms with van der Waals surface area (Å²) in [5.74, 6) is 1.86. The normalized spacial score (nSPS) is 14.2. The zero-order chi connectivity index (χ0) is 19.0. The van der Waals surface area contributed by atoms with Crippen LogP contribution in [-0.2, 0) is 26.6 Å². The van der Waals surface area contributed by atoms with E-state index in [1.54, 1.807) is 30.0 Å². The number of hydrogen-bond donors (Lipinski definition) is 1. The van der Waals surface area contributed by atoms with Crippen LogP contribution in [0.1, 0.15) is 22.6 Å². The van der Waals surface area contributed by atoms with Gasteiger partial charge in [0.2, 0.25) is 5.88 Å². The van der Waals surface area contributed by atoms with Crippen LogP contribution in [-0.4, -0.2) is 33.5 Å². The van der Waals surface area contributed by atoms with Crippen LogP contribution in [0.5, 0.6) is 5.88 Å². The second-order valence-electron chi connectivity index (χ2n) is 6.70. The second-order valence-corrected chi connectivity index (χ2v) is 6.70. The average Bonchev–Trinajstić information content (AvgIpc) is 3.17. The van der Waals surface area contributed by atoms with Crippen LogP contribution in [0.25, 0.3) is 0 Å². The molecule has 142 valence electrons. The van der Waals surface area contributed by atoms with E-state index >= 15 is 0 Å². The molecule has 1 N–H and O–H groups in total. The molecule has 8 heteroatoms. The van der Waals surface area contributed by atoms with Gasteiger partial charge in [0.15, 0.2) is 5.82 Å². The molecule has 2 aromatic heterocycles. The van der Waals surface area contributed by atoms with Gasteiger partial charge < -0.3 is 14.6 Å². The number of benzene rings is 1. The van der Waals surface area contributed by atoms with Crippen molar-refractivity contribution in [3.05, 3.63) is 52.7 Å². The zero-order valence-electron chi connectivity index (χ0n) is 15.6. The van der Waals surface area contributed by atoms with Crippen molar-refractivity contribution in [2.24, 2.45) is 7.05 Å². The maximum atomic E-state index is 14.0. The molecule has 1 aliphatic heterocycles. The van der Waals surface area contributed by atoms with Crippen molar-refractivity contribution in [1.82, 2.24) is 19.8 Å². The smallest absolute Gasteiger partial charge is 0.216 e. The first-order valence-corrected chi connectivity index (χ1v) is 8.84. The lowest BCUT2D eigenvalue weighted by Crippen LogP contribution is -2.30. The number of rotatable bonds is 5. The number of aromatic nitrogens is 3. The van der Waals surface area contributed by atoms with Gasteiger partial charge in [0.05, 0.1) is 29.6 Å². The highest BCUT2D eigenvalue weighted by atomic mass is 19.1. The topological polar surface area (TPSA) is 68.3 Å². The molecule has 27 heavy (non-hydrogen) atoms. The summed E-state index contributed by atoms with van der Waals surface area (Å²) >= 11 is 0. The first-order valence-electron chi connectivity index (χ1n) is 8.84. The largest absolute Gasteiger partial charge is 0.481 e. The molecule has 3 aromatic rings. The van der Waals surface area contributed by atoms with Gasteiger partial charge in [-0.1, -0.05) is 17.3 Å². The fourth-order valence-corrected chi connectivity index (χ4v) is 3.53. The lowest BCUT2D eigenvalue weighted by molar-refractivity contribution is 0.225. The van der Waals surface area contributed by atoms with Crippen molar-refractivity contribution in [2.45, 2.75) is 26.4 Å². The van der Waals surface area contributed by atoms with Gasteiger partial charge in [-0.05, 0) is 19.1 Å². The fraction of sp³-hybridized carbons (Fsp3) is 0.368. The molecule has 0 saturated carbocycles. The molecular weight excluding hydrogens is 349 g/mol. The molecule has 0 atom stereocenters. The van der Waals surface area contributed by atoms with Crippen molar-refractivity contribution < 1.29 is 13.7 Å². The van der Waals surface area contributed by atoms with Crippen LogP contribution in [0, 0.1) is 12.7 Å². The molecule has 0 saturated heterocycles. The molecule has 0 spiro atoms. The Morgan fingerprint density at radius 3 is 2.93 bits per heavy atom. The third kappa shape index (κ3) is 3.28. The van der Waals surface area contributed by atoms with Crippen LogP contribution in [0.15, 0.2) is 28.8 Å². The number of fused-ring (bicyclic) bond motifs is 1. The van der Waals surface area contributed by atoms with Gasteiger partial charge in [0.25, 0.3) is 0 Å². The minimum absolute atomic E-state index is 0.322. The molecule has 1 aliphatic rings. The Bertz CT molecular complexity index is 965. The molecule has 0 radical (unpaired) electrons. The third-order valence-electron chi connectivity index (χ3n) is 4.90. The molecule has 0 aliphatic carbocycles. The van der Waals surface area contributed by atoms with Crippen molar-refractivity contribution in [2.75, 3.05) is 19.0 Å². The minimum atomic E-state index is -0.322. The third-order valence-corrected chi connectivity index (χ3v) is 4.90. The molecule has 4 rings (SSSR count). The molecule has 0 bridgehead atoms. The second kappa shape index (κ2) is 7.03. The van der Waals surface area contributed by atoms with E-state index in [2.05, 4.69) is 20.5 Å². The van der Waals surface area contributed by atoms with Crippen LogP contribution in [0.2, 0.25) is 0 Å².